The summed E-state index contributed by atoms with van der Waals surface area (Å²) >= 11 is 0. The van der Waals surface area contributed by atoms with Crippen LogP contribution in [0.25, 0.3) is 0 Å². The molecule has 0 unspecified atom stereocenters. The van der Waals surface area contributed by atoms with Crippen molar-refractivity contribution in [2.45, 2.75) is 6.54 Å². The van der Waals surface area contributed by atoms with Crippen LogP contribution in [0.15, 0.2) is 54.9 Å². The van der Waals surface area contributed by atoms with Gasteiger partial charge < -0.3 is 5.32 Å². The van der Waals surface area contributed by atoms with Crippen molar-refractivity contribution in [2.75, 3.05) is 5.32 Å². The third-order valence-electron chi connectivity index (χ3n) is 3.60. The molecule has 132 valence electrons. The minimum absolute atomic E-state index is 0.110. The van der Waals surface area contributed by atoms with E-state index in [-0.39, 0.29) is 23.5 Å². The van der Waals surface area contributed by atoms with Gasteiger partial charge in [0, 0.05) is 17.3 Å². The average molecular weight is 358 g/mol. The molecule has 0 saturated heterocycles. The number of hydrogen-bond donors (Lipinski definition) is 1. The smallest absolute Gasteiger partial charge is 0.307 e. The molecule has 0 atom stereocenters. The molecule has 1 aromatic heterocycles. The van der Waals surface area contributed by atoms with Crippen LogP contribution in [0.4, 0.5) is 20.2 Å². The number of nitro groups is 1. The van der Waals surface area contributed by atoms with Crippen LogP contribution in [0.5, 0.6) is 0 Å². The van der Waals surface area contributed by atoms with Gasteiger partial charge >= 0.3 is 5.69 Å². The van der Waals surface area contributed by atoms with Crippen molar-refractivity contribution in [3.8, 4) is 0 Å². The fourth-order valence-electron chi connectivity index (χ4n) is 2.36. The second-order valence-corrected chi connectivity index (χ2v) is 5.39. The van der Waals surface area contributed by atoms with Gasteiger partial charge in [-0.15, -0.1) is 0 Å². The Kier molecular flexibility index (Phi) is 4.70. The number of halogens is 2. The van der Waals surface area contributed by atoms with Gasteiger partial charge in [0.15, 0.2) is 11.6 Å². The van der Waals surface area contributed by atoms with Crippen LogP contribution in [-0.4, -0.2) is 20.6 Å². The first-order valence-electron chi connectivity index (χ1n) is 7.45. The number of hydrogen-bond acceptors (Lipinski definition) is 4. The van der Waals surface area contributed by atoms with Crippen molar-refractivity contribution >= 4 is 17.3 Å². The molecule has 0 aliphatic rings. The molecule has 0 aliphatic heterocycles. The Morgan fingerprint density at radius 1 is 1.19 bits per heavy atom. The molecule has 1 heterocycles. The maximum Gasteiger partial charge on any atom is 0.307 e. The van der Waals surface area contributed by atoms with E-state index in [0.29, 0.717) is 5.56 Å². The fraction of sp³-hybridized carbons (Fsp3) is 0.0588. The molecule has 7 nitrogen and oxygen atoms in total. The van der Waals surface area contributed by atoms with Crippen LogP contribution in [0.3, 0.4) is 0 Å². The summed E-state index contributed by atoms with van der Waals surface area (Å²) in [6, 6.07) is 9.63. The lowest BCUT2D eigenvalue weighted by molar-refractivity contribution is -0.385. The van der Waals surface area contributed by atoms with E-state index in [2.05, 4.69) is 10.4 Å². The first-order valence-corrected chi connectivity index (χ1v) is 7.45. The molecule has 1 N–H and O–H groups in total. The van der Waals surface area contributed by atoms with Crippen molar-refractivity contribution in [2.24, 2.45) is 0 Å². The predicted molar refractivity (Wildman–Crippen MR) is 88.7 cm³/mol. The topological polar surface area (TPSA) is 90.1 Å². The molecule has 26 heavy (non-hydrogen) atoms. The number of anilines is 1. The zero-order chi connectivity index (χ0) is 18.7. The highest BCUT2D eigenvalue weighted by Crippen LogP contribution is 2.17. The SMILES string of the molecule is O=C(Nc1ccc(F)c(F)c1)c1ccccc1Cn1cc([N+](=O)[O-])cn1. The molecule has 0 bridgehead atoms. The lowest BCUT2D eigenvalue weighted by atomic mass is 10.1. The van der Waals surface area contributed by atoms with Gasteiger partial charge in [0.2, 0.25) is 0 Å². The minimum Gasteiger partial charge on any atom is -0.322 e. The van der Waals surface area contributed by atoms with Gasteiger partial charge in [-0.05, 0) is 23.8 Å². The Hall–Kier alpha value is -3.62. The number of amides is 1. The molecular formula is C17H12F2N4O3. The van der Waals surface area contributed by atoms with Crippen molar-refractivity contribution in [3.05, 3.63) is 87.7 Å². The number of benzene rings is 2. The van der Waals surface area contributed by atoms with Crippen LogP contribution in [-0.2, 0) is 6.54 Å². The van der Waals surface area contributed by atoms with Crippen LogP contribution < -0.4 is 5.32 Å². The zero-order valence-corrected chi connectivity index (χ0v) is 13.2. The monoisotopic (exact) mass is 358 g/mol. The zero-order valence-electron chi connectivity index (χ0n) is 13.2. The van der Waals surface area contributed by atoms with E-state index in [1.807, 2.05) is 0 Å². The summed E-state index contributed by atoms with van der Waals surface area (Å²) in [7, 11) is 0. The Morgan fingerprint density at radius 3 is 2.65 bits per heavy atom. The van der Waals surface area contributed by atoms with Gasteiger partial charge in [0.25, 0.3) is 5.91 Å². The molecule has 9 heteroatoms. The van der Waals surface area contributed by atoms with Crippen LogP contribution in [0, 0.1) is 21.7 Å². The number of rotatable bonds is 5. The number of nitrogens with zero attached hydrogens (tertiary/aromatic N) is 3. The van der Waals surface area contributed by atoms with Crippen molar-refractivity contribution < 1.29 is 18.5 Å². The molecule has 1 amide bonds. The highest BCUT2D eigenvalue weighted by molar-refractivity contribution is 6.05. The summed E-state index contributed by atoms with van der Waals surface area (Å²) in [5.74, 6) is -2.60. The van der Waals surface area contributed by atoms with E-state index < -0.39 is 22.5 Å². The number of carbonyl (C=O) groups excluding carboxylic acids is 1. The average Bonchev–Trinajstić information content (AvgIpc) is 3.07. The normalized spacial score (nSPS) is 10.5. The molecule has 3 aromatic rings. The Morgan fingerprint density at radius 2 is 1.96 bits per heavy atom. The number of aromatic nitrogens is 2. The first-order chi connectivity index (χ1) is 12.4. The molecule has 0 spiro atoms. The number of carbonyl (C=O) groups is 1. The van der Waals surface area contributed by atoms with Gasteiger partial charge in [-0.2, -0.15) is 5.10 Å². The molecule has 2 aromatic carbocycles. The highest BCUT2D eigenvalue weighted by Gasteiger charge is 2.15. The first kappa shape index (κ1) is 17.2. The molecule has 0 fully saturated rings. The van der Waals surface area contributed by atoms with Crippen LogP contribution in [0.2, 0.25) is 0 Å². The maximum absolute atomic E-state index is 13.3. The van der Waals surface area contributed by atoms with Gasteiger partial charge in [-0.25, -0.2) is 8.78 Å². The van der Waals surface area contributed by atoms with Crippen LogP contribution in [0.1, 0.15) is 15.9 Å². The van der Waals surface area contributed by atoms with Crippen molar-refractivity contribution in [1.82, 2.24) is 9.78 Å². The summed E-state index contributed by atoms with van der Waals surface area (Å²) in [5.41, 5.74) is 0.799. The molecule has 0 radical (unpaired) electrons. The lowest BCUT2D eigenvalue weighted by Crippen LogP contribution is -2.16. The third kappa shape index (κ3) is 3.72. The van der Waals surface area contributed by atoms with Gasteiger partial charge in [-0.1, -0.05) is 18.2 Å². The molecule has 3 rings (SSSR count). The Bertz CT molecular complexity index is 988. The van der Waals surface area contributed by atoms with E-state index in [9.17, 15) is 23.7 Å². The van der Waals surface area contributed by atoms with E-state index >= 15 is 0 Å². The summed E-state index contributed by atoms with van der Waals surface area (Å²) in [6.45, 7) is 0.134. The van der Waals surface area contributed by atoms with E-state index in [0.717, 1.165) is 18.3 Å². The van der Waals surface area contributed by atoms with Crippen molar-refractivity contribution in [1.29, 1.82) is 0 Å². The lowest BCUT2D eigenvalue weighted by Gasteiger charge is -2.10. The van der Waals surface area contributed by atoms with E-state index in [4.69, 9.17) is 0 Å². The summed E-state index contributed by atoms with van der Waals surface area (Å²) in [4.78, 5) is 22.6. The molecular weight excluding hydrogens is 346 g/mol. The largest absolute Gasteiger partial charge is 0.322 e. The standard InChI is InChI=1S/C17H12F2N4O3/c18-15-6-5-12(7-16(15)19)21-17(24)14-4-2-1-3-11(14)9-22-10-13(8-20-22)23(25)26/h1-8,10H,9H2,(H,21,24). The van der Waals surface area contributed by atoms with Gasteiger partial charge in [0.1, 0.15) is 12.4 Å². The van der Waals surface area contributed by atoms with E-state index in [1.54, 1.807) is 24.3 Å². The second-order valence-electron chi connectivity index (χ2n) is 5.39. The summed E-state index contributed by atoms with van der Waals surface area (Å²) < 4.78 is 27.6. The maximum atomic E-state index is 13.3. The quantitative estimate of drug-likeness (QED) is 0.559. The Balaban J connectivity index is 1.82. The van der Waals surface area contributed by atoms with Gasteiger partial charge in [0.05, 0.1) is 11.5 Å². The fourth-order valence-corrected chi connectivity index (χ4v) is 2.36. The second kappa shape index (κ2) is 7.09. The molecule has 0 saturated carbocycles. The van der Waals surface area contributed by atoms with Crippen molar-refractivity contribution in [3.63, 3.8) is 0 Å². The van der Waals surface area contributed by atoms with E-state index in [1.165, 1.54) is 16.9 Å². The summed E-state index contributed by atoms with van der Waals surface area (Å²) in [6.07, 6.45) is 2.37. The highest BCUT2D eigenvalue weighted by atomic mass is 19.2. The van der Waals surface area contributed by atoms with Gasteiger partial charge in [-0.3, -0.25) is 19.6 Å². The number of nitrogens with one attached hydrogen (secondary N) is 1. The molecule has 0 aliphatic carbocycles. The summed E-state index contributed by atoms with van der Waals surface area (Å²) in [5, 5.41) is 17.1. The van der Waals surface area contributed by atoms with Crippen LogP contribution >= 0.6 is 0 Å². The third-order valence-corrected chi connectivity index (χ3v) is 3.60. The Labute approximate surface area is 146 Å². The minimum atomic E-state index is -1.07. The predicted octanol–water partition coefficient (Wildman–Crippen LogP) is 3.37.